The maximum absolute atomic E-state index is 4.96. The van der Waals surface area contributed by atoms with Crippen LogP contribution in [0.15, 0.2) is 18.5 Å². The summed E-state index contributed by atoms with van der Waals surface area (Å²) in [6, 6.07) is 0.430. The predicted molar refractivity (Wildman–Crippen MR) is 64.2 cm³/mol. The van der Waals surface area contributed by atoms with Gasteiger partial charge in [0.25, 0.3) is 0 Å². The first kappa shape index (κ1) is 11.1. The van der Waals surface area contributed by atoms with Crippen molar-refractivity contribution in [2.45, 2.75) is 33.1 Å². The maximum Gasteiger partial charge on any atom is 0.316 e. The lowest BCUT2D eigenvalue weighted by molar-refractivity contribution is 0.337. The average molecular weight is 218 g/mol. The van der Waals surface area contributed by atoms with Crippen molar-refractivity contribution in [1.29, 1.82) is 0 Å². The normalized spacial score (nSPS) is 19.1. The van der Waals surface area contributed by atoms with E-state index in [4.69, 9.17) is 4.74 Å². The highest BCUT2D eigenvalue weighted by molar-refractivity contribution is 5.65. The Hall–Kier alpha value is -1.38. The standard InChI is InChI=1S/C13H18N2O/c1-13(2)6-4-5-10(7-13)11-8-14-12(16-3)15-9-11/h5,8-9H,4,6-7H2,1-3H3. The minimum Gasteiger partial charge on any atom is -0.467 e. The van der Waals surface area contributed by atoms with E-state index in [9.17, 15) is 0 Å². The molecule has 16 heavy (non-hydrogen) atoms. The van der Waals surface area contributed by atoms with Crippen LogP contribution in [-0.4, -0.2) is 17.1 Å². The van der Waals surface area contributed by atoms with E-state index in [1.165, 1.54) is 12.0 Å². The molecule has 0 aliphatic heterocycles. The molecule has 0 N–H and O–H groups in total. The molecule has 86 valence electrons. The first-order chi connectivity index (χ1) is 7.61. The van der Waals surface area contributed by atoms with E-state index in [-0.39, 0.29) is 0 Å². The van der Waals surface area contributed by atoms with Crippen molar-refractivity contribution in [2.75, 3.05) is 7.11 Å². The van der Waals surface area contributed by atoms with Gasteiger partial charge < -0.3 is 4.74 Å². The average Bonchev–Trinajstić information content (AvgIpc) is 2.28. The summed E-state index contributed by atoms with van der Waals surface area (Å²) in [5.41, 5.74) is 2.87. The molecule has 3 heteroatoms. The molecular weight excluding hydrogens is 200 g/mol. The number of ether oxygens (including phenoxy) is 1. The number of hydrogen-bond donors (Lipinski definition) is 0. The molecule has 0 spiro atoms. The minimum atomic E-state index is 0.393. The summed E-state index contributed by atoms with van der Waals surface area (Å²) in [4.78, 5) is 8.29. The van der Waals surface area contributed by atoms with Gasteiger partial charge in [0.05, 0.1) is 7.11 Å². The van der Waals surface area contributed by atoms with Crippen LogP contribution in [-0.2, 0) is 0 Å². The fourth-order valence-electron chi connectivity index (χ4n) is 2.12. The highest BCUT2D eigenvalue weighted by Gasteiger charge is 2.23. The van der Waals surface area contributed by atoms with Crippen molar-refractivity contribution in [3.05, 3.63) is 24.0 Å². The molecule has 1 aromatic rings. The Balaban J connectivity index is 2.21. The second kappa shape index (κ2) is 4.24. The summed E-state index contributed by atoms with van der Waals surface area (Å²) in [5, 5.41) is 0. The van der Waals surface area contributed by atoms with Crippen molar-refractivity contribution in [3.8, 4) is 6.01 Å². The third kappa shape index (κ3) is 2.40. The molecule has 2 rings (SSSR count). The Morgan fingerprint density at radius 3 is 2.50 bits per heavy atom. The quantitative estimate of drug-likeness (QED) is 0.765. The van der Waals surface area contributed by atoms with Gasteiger partial charge in [-0.25, -0.2) is 9.97 Å². The Morgan fingerprint density at radius 1 is 1.25 bits per heavy atom. The van der Waals surface area contributed by atoms with Crippen LogP contribution in [0.4, 0.5) is 0 Å². The van der Waals surface area contributed by atoms with Crippen LogP contribution in [0, 0.1) is 5.41 Å². The van der Waals surface area contributed by atoms with Gasteiger partial charge >= 0.3 is 6.01 Å². The van der Waals surface area contributed by atoms with Crippen LogP contribution >= 0.6 is 0 Å². The number of methoxy groups -OCH3 is 1. The first-order valence-corrected chi connectivity index (χ1v) is 5.66. The number of hydrogen-bond acceptors (Lipinski definition) is 3. The van der Waals surface area contributed by atoms with Gasteiger partial charge in [0.1, 0.15) is 0 Å². The third-order valence-corrected chi connectivity index (χ3v) is 3.06. The SMILES string of the molecule is COc1ncc(C2=CCCC(C)(C)C2)cn1. The molecule has 0 unspecified atom stereocenters. The van der Waals surface area contributed by atoms with Gasteiger partial charge in [0.2, 0.25) is 0 Å². The third-order valence-electron chi connectivity index (χ3n) is 3.06. The first-order valence-electron chi connectivity index (χ1n) is 5.66. The van der Waals surface area contributed by atoms with E-state index >= 15 is 0 Å². The van der Waals surface area contributed by atoms with E-state index in [2.05, 4.69) is 29.9 Å². The molecule has 0 aromatic carbocycles. The molecule has 0 radical (unpaired) electrons. The zero-order valence-electron chi connectivity index (χ0n) is 10.2. The second-order valence-corrected chi connectivity index (χ2v) is 5.07. The van der Waals surface area contributed by atoms with Gasteiger partial charge in [-0.2, -0.15) is 0 Å². The van der Waals surface area contributed by atoms with Crippen LogP contribution in [0.25, 0.3) is 5.57 Å². The lowest BCUT2D eigenvalue weighted by Crippen LogP contribution is -2.15. The Bertz CT molecular complexity index is 393. The van der Waals surface area contributed by atoms with Gasteiger partial charge in [-0.15, -0.1) is 0 Å². The van der Waals surface area contributed by atoms with Crippen molar-refractivity contribution in [1.82, 2.24) is 9.97 Å². The van der Waals surface area contributed by atoms with Gasteiger partial charge in [-0.3, -0.25) is 0 Å². The Labute approximate surface area is 96.6 Å². The summed E-state index contributed by atoms with van der Waals surface area (Å²) < 4.78 is 4.96. The molecule has 0 saturated heterocycles. The summed E-state index contributed by atoms with van der Waals surface area (Å²) in [5.74, 6) is 0. The molecule has 0 bridgehead atoms. The highest BCUT2D eigenvalue weighted by atomic mass is 16.5. The lowest BCUT2D eigenvalue weighted by Gasteiger charge is -2.29. The van der Waals surface area contributed by atoms with E-state index < -0.39 is 0 Å². The van der Waals surface area contributed by atoms with Crippen LogP contribution in [0.5, 0.6) is 6.01 Å². The highest BCUT2D eigenvalue weighted by Crippen LogP contribution is 2.38. The van der Waals surface area contributed by atoms with Crippen LogP contribution in [0.1, 0.15) is 38.7 Å². The summed E-state index contributed by atoms with van der Waals surface area (Å²) in [6.07, 6.45) is 9.50. The topological polar surface area (TPSA) is 35.0 Å². The van der Waals surface area contributed by atoms with Crippen LogP contribution < -0.4 is 4.74 Å². The Morgan fingerprint density at radius 2 is 1.94 bits per heavy atom. The van der Waals surface area contributed by atoms with Crippen molar-refractivity contribution in [3.63, 3.8) is 0 Å². The fourth-order valence-corrected chi connectivity index (χ4v) is 2.12. The fraction of sp³-hybridized carbons (Fsp3) is 0.538. The van der Waals surface area contributed by atoms with Gasteiger partial charge in [-0.1, -0.05) is 19.9 Å². The number of rotatable bonds is 2. The minimum absolute atomic E-state index is 0.393. The molecule has 1 heterocycles. The molecule has 3 nitrogen and oxygen atoms in total. The van der Waals surface area contributed by atoms with E-state index in [0.717, 1.165) is 18.4 Å². The number of nitrogens with zero attached hydrogens (tertiary/aromatic N) is 2. The van der Waals surface area contributed by atoms with Gasteiger partial charge in [0.15, 0.2) is 0 Å². The van der Waals surface area contributed by atoms with E-state index in [1.54, 1.807) is 7.11 Å². The predicted octanol–water partition coefficient (Wildman–Crippen LogP) is 3.08. The smallest absolute Gasteiger partial charge is 0.316 e. The monoisotopic (exact) mass is 218 g/mol. The largest absolute Gasteiger partial charge is 0.467 e. The second-order valence-electron chi connectivity index (χ2n) is 5.07. The zero-order valence-corrected chi connectivity index (χ0v) is 10.2. The van der Waals surface area contributed by atoms with E-state index in [0.29, 0.717) is 11.4 Å². The molecular formula is C13H18N2O. The molecule has 0 amide bonds. The summed E-state index contributed by atoms with van der Waals surface area (Å²) in [7, 11) is 1.58. The summed E-state index contributed by atoms with van der Waals surface area (Å²) in [6.45, 7) is 4.62. The molecule has 0 saturated carbocycles. The van der Waals surface area contributed by atoms with Crippen molar-refractivity contribution >= 4 is 5.57 Å². The number of allylic oxidation sites excluding steroid dienone is 2. The maximum atomic E-state index is 4.96. The van der Waals surface area contributed by atoms with E-state index in [1.807, 2.05) is 12.4 Å². The van der Waals surface area contributed by atoms with Crippen molar-refractivity contribution in [2.24, 2.45) is 5.41 Å². The number of aromatic nitrogens is 2. The van der Waals surface area contributed by atoms with Crippen molar-refractivity contribution < 1.29 is 4.74 Å². The van der Waals surface area contributed by atoms with Gasteiger partial charge in [-0.05, 0) is 30.3 Å². The van der Waals surface area contributed by atoms with Crippen LogP contribution in [0.3, 0.4) is 0 Å². The lowest BCUT2D eigenvalue weighted by atomic mass is 9.76. The zero-order chi connectivity index (χ0) is 11.6. The molecule has 0 atom stereocenters. The summed E-state index contributed by atoms with van der Waals surface area (Å²) >= 11 is 0. The Kier molecular flexibility index (Phi) is 2.95. The molecule has 1 aliphatic carbocycles. The van der Waals surface area contributed by atoms with Crippen LogP contribution in [0.2, 0.25) is 0 Å². The molecule has 1 aromatic heterocycles. The molecule has 1 aliphatic rings. The van der Waals surface area contributed by atoms with Gasteiger partial charge in [0, 0.05) is 18.0 Å². The molecule has 0 fully saturated rings.